The standard InChI is InChI=1S/C21H20ClN5O2/c1-29-16-7-8-18-14(12-16)11-15(13-23)20(26-18)24-9-4-10-25-21(28)27-19-6-3-2-5-17(19)22/h2-3,5-8,11-12H,4,9-10H2,1H3,(H,24,26)(H2,25,27,28). The Labute approximate surface area is 173 Å². The number of benzene rings is 2. The summed E-state index contributed by atoms with van der Waals surface area (Å²) in [5.74, 6) is 1.23. The van der Waals surface area contributed by atoms with Gasteiger partial charge in [-0.1, -0.05) is 23.7 Å². The quantitative estimate of drug-likeness (QED) is 0.502. The Morgan fingerprint density at radius 1 is 1.21 bits per heavy atom. The minimum atomic E-state index is -0.325. The Hall–Kier alpha value is -3.50. The van der Waals surface area contributed by atoms with Crippen LogP contribution >= 0.6 is 11.6 Å². The maximum atomic E-state index is 11.9. The van der Waals surface area contributed by atoms with Gasteiger partial charge < -0.3 is 20.7 Å². The fourth-order valence-electron chi connectivity index (χ4n) is 2.73. The van der Waals surface area contributed by atoms with Crippen molar-refractivity contribution in [3.8, 4) is 11.8 Å². The Morgan fingerprint density at radius 3 is 2.79 bits per heavy atom. The highest BCUT2D eigenvalue weighted by Crippen LogP contribution is 2.24. The largest absolute Gasteiger partial charge is 0.497 e. The van der Waals surface area contributed by atoms with Crippen LogP contribution in [0.4, 0.5) is 16.3 Å². The smallest absolute Gasteiger partial charge is 0.319 e. The van der Waals surface area contributed by atoms with E-state index in [1.54, 1.807) is 37.4 Å². The molecule has 8 heteroatoms. The highest BCUT2D eigenvalue weighted by Gasteiger charge is 2.08. The number of nitrogens with one attached hydrogen (secondary N) is 3. The fourth-order valence-corrected chi connectivity index (χ4v) is 2.91. The highest BCUT2D eigenvalue weighted by atomic mass is 35.5. The third kappa shape index (κ3) is 5.27. The number of rotatable bonds is 7. The molecule has 0 aliphatic heterocycles. The molecule has 1 heterocycles. The van der Waals surface area contributed by atoms with Gasteiger partial charge in [-0.05, 0) is 42.8 Å². The molecule has 1 aromatic heterocycles. The number of nitriles is 1. The first kappa shape index (κ1) is 20.2. The van der Waals surface area contributed by atoms with E-state index in [-0.39, 0.29) is 6.03 Å². The number of amides is 2. The van der Waals surface area contributed by atoms with Crippen LogP contribution in [0.25, 0.3) is 10.9 Å². The first-order valence-corrected chi connectivity index (χ1v) is 9.40. The van der Waals surface area contributed by atoms with E-state index in [1.165, 1.54) is 0 Å². The second-order valence-corrected chi connectivity index (χ2v) is 6.60. The van der Waals surface area contributed by atoms with Crippen molar-refractivity contribution < 1.29 is 9.53 Å². The van der Waals surface area contributed by atoms with Crippen LogP contribution in [0.3, 0.4) is 0 Å². The molecule has 0 spiro atoms. The van der Waals surface area contributed by atoms with E-state index in [1.807, 2.05) is 18.2 Å². The molecule has 2 aromatic carbocycles. The number of aromatic nitrogens is 1. The summed E-state index contributed by atoms with van der Waals surface area (Å²) in [4.78, 5) is 16.4. The van der Waals surface area contributed by atoms with Crippen molar-refractivity contribution in [1.82, 2.24) is 10.3 Å². The van der Waals surface area contributed by atoms with Crippen LogP contribution < -0.4 is 20.7 Å². The zero-order valence-corrected chi connectivity index (χ0v) is 16.6. The summed E-state index contributed by atoms with van der Waals surface area (Å²) in [5.41, 5.74) is 1.78. The molecule has 0 saturated heterocycles. The molecule has 3 aromatic rings. The normalized spacial score (nSPS) is 10.2. The fraction of sp³-hybridized carbons (Fsp3) is 0.190. The Kier molecular flexibility index (Phi) is 6.72. The summed E-state index contributed by atoms with van der Waals surface area (Å²) in [5, 5.41) is 19.3. The van der Waals surface area contributed by atoms with E-state index in [0.717, 1.165) is 10.9 Å². The van der Waals surface area contributed by atoms with E-state index in [4.69, 9.17) is 16.3 Å². The Morgan fingerprint density at radius 2 is 2.03 bits per heavy atom. The average Bonchev–Trinajstić information content (AvgIpc) is 2.74. The van der Waals surface area contributed by atoms with Gasteiger partial charge in [0.1, 0.15) is 17.6 Å². The van der Waals surface area contributed by atoms with Crippen molar-refractivity contribution in [2.75, 3.05) is 30.8 Å². The van der Waals surface area contributed by atoms with E-state index in [2.05, 4.69) is 27.0 Å². The topological polar surface area (TPSA) is 99.1 Å². The minimum Gasteiger partial charge on any atom is -0.497 e. The van der Waals surface area contributed by atoms with Crippen LogP contribution in [-0.4, -0.2) is 31.2 Å². The summed E-state index contributed by atoms with van der Waals surface area (Å²) in [7, 11) is 1.60. The summed E-state index contributed by atoms with van der Waals surface area (Å²) in [6, 6.07) is 16.2. The highest BCUT2D eigenvalue weighted by molar-refractivity contribution is 6.33. The lowest BCUT2D eigenvalue weighted by molar-refractivity contribution is 0.252. The van der Waals surface area contributed by atoms with Crippen LogP contribution in [0.2, 0.25) is 5.02 Å². The first-order chi connectivity index (χ1) is 14.1. The zero-order chi connectivity index (χ0) is 20.6. The van der Waals surface area contributed by atoms with E-state index in [0.29, 0.717) is 47.4 Å². The van der Waals surface area contributed by atoms with Gasteiger partial charge in [-0.2, -0.15) is 5.26 Å². The van der Waals surface area contributed by atoms with Gasteiger partial charge in [0.25, 0.3) is 0 Å². The summed E-state index contributed by atoms with van der Waals surface area (Å²) < 4.78 is 5.21. The number of hydrogen-bond donors (Lipinski definition) is 3. The van der Waals surface area contributed by atoms with Crippen molar-refractivity contribution in [3.05, 3.63) is 59.1 Å². The number of methoxy groups -OCH3 is 1. The van der Waals surface area contributed by atoms with Gasteiger partial charge in [-0.15, -0.1) is 0 Å². The van der Waals surface area contributed by atoms with Crippen LogP contribution in [0.15, 0.2) is 48.5 Å². The molecule has 3 N–H and O–H groups in total. The average molecular weight is 410 g/mol. The monoisotopic (exact) mass is 409 g/mol. The molecule has 148 valence electrons. The molecule has 0 fully saturated rings. The number of nitrogens with zero attached hydrogens (tertiary/aromatic N) is 2. The number of carbonyl (C=O) groups excluding carboxylic acids is 1. The van der Waals surface area contributed by atoms with Crippen molar-refractivity contribution >= 4 is 40.0 Å². The summed E-state index contributed by atoms with van der Waals surface area (Å²) >= 11 is 6.01. The van der Waals surface area contributed by atoms with E-state index in [9.17, 15) is 10.1 Å². The second-order valence-electron chi connectivity index (χ2n) is 6.20. The lowest BCUT2D eigenvalue weighted by atomic mass is 10.1. The Bertz CT molecular complexity index is 1060. The first-order valence-electron chi connectivity index (χ1n) is 9.03. The molecular formula is C21H20ClN5O2. The molecular weight excluding hydrogens is 390 g/mol. The number of urea groups is 1. The minimum absolute atomic E-state index is 0.325. The van der Waals surface area contributed by atoms with E-state index < -0.39 is 0 Å². The van der Waals surface area contributed by atoms with Gasteiger partial charge >= 0.3 is 6.03 Å². The lowest BCUT2D eigenvalue weighted by Crippen LogP contribution is -2.30. The number of para-hydroxylation sites is 1. The van der Waals surface area contributed by atoms with E-state index >= 15 is 0 Å². The van der Waals surface area contributed by atoms with Gasteiger partial charge in [-0.25, -0.2) is 9.78 Å². The predicted octanol–water partition coefficient (Wildman–Crippen LogP) is 4.39. The molecule has 3 rings (SSSR count). The maximum absolute atomic E-state index is 11.9. The summed E-state index contributed by atoms with van der Waals surface area (Å²) in [6.45, 7) is 1.01. The predicted molar refractivity (Wildman–Crippen MR) is 115 cm³/mol. The molecule has 0 aliphatic rings. The van der Waals surface area contributed by atoms with Crippen molar-refractivity contribution in [3.63, 3.8) is 0 Å². The number of hydrogen-bond acceptors (Lipinski definition) is 5. The molecule has 0 atom stereocenters. The maximum Gasteiger partial charge on any atom is 0.319 e. The van der Waals surface area contributed by atoms with Gasteiger partial charge in [0.15, 0.2) is 0 Å². The van der Waals surface area contributed by atoms with Crippen LogP contribution in [-0.2, 0) is 0 Å². The number of halogens is 1. The number of pyridine rings is 1. The van der Waals surface area contributed by atoms with Crippen molar-refractivity contribution in [2.24, 2.45) is 0 Å². The molecule has 29 heavy (non-hydrogen) atoms. The zero-order valence-electron chi connectivity index (χ0n) is 15.8. The molecule has 0 unspecified atom stereocenters. The third-order valence-electron chi connectivity index (χ3n) is 4.20. The Balaban J connectivity index is 1.51. The molecule has 0 radical (unpaired) electrons. The third-order valence-corrected chi connectivity index (χ3v) is 4.53. The summed E-state index contributed by atoms with van der Waals surface area (Å²) in [6.07, 6.45) is 0.656. The van der Waals surface area contributed by atoms with Crippen LogP contribution in [0.1, 0.15) is 12.0 Å². The van der Waals surface area contributed by atoms with Gasteiger partial charge in [0.2, 0.25) is 0 Å². The van der Waals surface area contributed by atoms with Gasteiger partial charge in [0.05, 0.1) is 28.9 Å². The molecule has 0 bridgehead atoms. The number of fused-ring (bicyclic) bond motifs is 1. The van der Waals surface area contributed by atoms with Gasteiger partial charge in [-0.3, -0.25) is 0 Å². The van der Waals surface area contributed by atoms with Crippen molar-refractivity contribution in [2.45, 2.75) is 6.42 Å². The van der Waals surface area contributed by atoms with Crippen LogP contribution in [0, 0.1) is 11.3 Å². The number of anilines is 2. The molecule has 7 nitrogen and oxygen atoms in total. The molecule has 2 amide bonds. The number of carbonyl (C=O) groups is 1. The van der Waals surface area contributed by atoms with Crippen LogP contribution in [0.5, 0.6) is 5.75 Å². The molecule has 0 aliphatic carbocycles. The van der Waals surface area contributed by atoms with Gasteiger partial charge in [0, 0.05) is 18.5 Å². The second kappa shape index (κ2) is 9.62. The molecule has 0 saturated carbocycles. The SMILES string of the molecule is COc1ccc2nc(NCCCNC(=O)Nc3ccccc3Cl)c(C#N)cc2c1. The van der Waals surface area contributed by atoms with Crippen molar-refractivity contribution in [1.29, 1.82) is 5.26 Å². The number of ether oxygens (including phenoxy) is 1. The lowest BCUT2D eigenvalue weighted by Gasteiger charge is -2.11.